The van der Waals surface area contributed by atoms with Crippen LogP contribution in [0.5, 0.6) is 0 Å². The van der Waals surface area contributed by atoms with Crippen molar-refractivity contribution in [1.29, 1.82) is 0 Å². The molecule has 1 unspecified atom stereocenters. The lowest BCUT2D eigenvalue weighted by atomic mass is 9.86. The Morgan fingerprint density at radius 2 is 1.88 bits per heavy atom. The fourth-order valence-corrected chi connectivity index (χ4v) is 2.34. The molecule has 1 heteroatoms. The predicted octanol–water partition coefficient (Wildman–Crippen LogP) is 3.57. The summed E-state index contributed by atoms with van der Waals surface area (Å²) in [4.78, 5) is 0. The Hall–Kier alpha value is -0.820. The zero-order chi connectivity index (χ0) is 11.4. The van der Waals surface area contributed by atoms with E-state index in [1.807, 2.05) is 0 Å². The van der Waals surface area contributed by atoms with Crippen molar-refractivity contribution in [3.05, 3.63) is 35.9 Å². The maximum Gasteiger partial charge on any atom is 0.00673 e. The van der Waals surface area contributed by atoms with Gasteiger partial charge in [-0.25, -0.2) is 0 Å². The van der Waals surface area contributed by atoms with Crippen molar-refractivity contribution in [2.45, 2.75) is 45.1 Å². The third kappa shape index (κ3) is 2.85. The van der Waals surface area contributed by atoms with Crippen molar-refractivity contribution < 1.29 is 0 Å². The fraction of sp³-hybridized carbons (Fsp3) is 0.600. The lowest BCUT2D eigenvalue weighted by Gasteiger charge is -2.30. The monoisotopic (exact) mass is 217 g/mol. The topological polar surface area (TPSA) is 12.0 Å². The number of hydrogen-bond donors (Lipinski definition) is 1. The van der Waals surface area contributed by atoms with Crippen molar-refractivity contribution in [2.24, 2.45) is 5.92 Å². The summed E-state index contributed by atoms with van der Waals surface area (Å²) in [5.41, 5.74) is 1.48. The highest BCUT2D eigenvalue weighted by atomic mass is 14.9. The van der Waals surface area contributed by atoms with Gasteiger partial charge in [0.25, 0.3) is 0 Å². The van der Waals surface area contributed by atoms with Crippen LogP contribution in [0.1, 0.15) is 44.6 Å². The highest BCUT2D eigenvalue weighted by Crippen LogP contribution is 2.25. The van der Waals surface area contributed by atoms with E-state index in [2.05, 4.69) is 49.5 Å². The molecule has 0 saturated heterocycles. The van der Waals surface area contributed by atoms with Crippen molar-refractivity contribution >= 4 is 0 Å². The molecule has 0 aliphatic heterocycles. The van der Waals surface area contributed by atoms with Gasteiger partial charge in [0.1, 0.15) is 0 Å². The molecule has 88 valence electrons. The molecule has 1 aromatic rings. The summed E-state index contributed by atoms with van der Waals surface area (Å²) in [6.45, 7) is 5.77. The van der Waals surface area contributed by atoms with Crippen LogP contribution in [0.2, 0.25) is 0 Å². The normalized spacial score (nSPS) is 18.4. The lowest BCUT2D eigenvalue weighted by Crippen LogP contribution is -2.38. The van der Waals surface area contributed by atoms with E-state index >= 15 is 0 Å². The summed E-state index contributed by atoms with van der Waals surface area (Å²) in [6.07, 6.45) is 4.16. The maximum atomic E-state index is 3.70. The van der Waals surface area contributed by atoms with Gasteiger partial charge in [-0.2, -0.15) is 0 Å². The van der Waals surface area contributed by atoms with Crippen LogP contribution in [0.4, 0.5) is 0 Å². The molecule has 0 spiro atoms. The Labute approximate surface area is 99.3 Å². The molecule has 2 rings (SSSR count). The van der Waals surface area contributed by atoms with Crippen molar-refractivity contribution in [1.82, 2.24) is 5.32 Å². The van der Waals surface area contributed by atoms with Crippen LogP contribution in [0.3, 0.4) is 0 Å². The van der Waals surface area contributed by atoms with E-state index in [-0.39, 0.29) is 0 Å². The number of nitrogens with one attached hydrogen (secondary N) is 1. The molecule has 1 aromatic carbocycles. The zero-order valence-electron chi connectivity index (χ0n) is 10.4. The quantitative estimate of drug-likeness (QED) is 0.795. The van der Waals surface area contributed by atoms with Crippen LogP contribution in [-0.4, -0.2) is 12.6 Å². The van der Waals surface area contributed by atoms with Gasteiger partial charge in [0.15, 0.2) is 0 Å². The predicted molar refractivity (Wildman–Crippen MR) is 69.7 cm³/mol. The number of hydrogen-bond acceptors (Lipinski definition) is 1. The van der Waals surface area contributed by atoms with Gasteiger partial charge >= 0.3 is 0 Å². The highest BCUT2D eigenvalue weighted by Gasteiger charge is 2.20. The van der Waals surface area contributed by atoms with E-state index in [0.29, 0.717) is 11.8 Å². The van der Waals surface area contributed by atoms with E-state index in [1.165, 1.54) is 24.8 Å². The largest absolute Gasteiger partial charge is 0.313 e. The molecule has 0 aromatic heterocycles. The molecule has 0 radical (unpaired) electrons. The first kappa shape index (κ1) is 11.7. The first-order chi connectivity index (χ1) is 7.77. The number of benzene rings is 1. The van der Waals surface area contributed by atoms with E-state index in [4.69, 9.17) is 0 Å². The van der Waals surface area contributed by atoms with E-state index in [1.54, 1.807) is 0 Å². The SMILES string of the molecule is CC(C)C(CNC1CCC1)c1ccccc1. The summed E-state index contributed by atoms with van der Waals surface area (Å²) < 4.78 is 0. The van der Waals surface area contributed by atoms with Crippen molar-refractivity contribution in [3.63, 3.8) is 0 Å². The Kier molecular flexibility index (Phi) is 4.00. The summed E-state index contributed by atoms with van der Waals surface area (Å²) in [5.74, 6) is 1.36. The molecular formula is C15H23N. The van der Waals surface area contributed by atoms with Crippen molar-refractivity contribution in [3.8, 4) is 0 Å². The van der Waals surface area contributed by atoms with Gasteiger partial charge < -0.3 is 5.32 Å². The summed E-state index contributed by atoms with van der Waals surface area (Å²) in [7, 11) is 0. The van der Waals surface area contributed by atoms with Crippen LogP contribution in [-0.2, 0) is 0 Å². The summed E-state index contributed by atoms with van der Waals surface area (Å²) in [5, 5.41) is 3.70. The second kappa shape index (κ2) is 5.49. The smallest absolute Gasteiger partial charge is 0.00673 e. The van der Waals surface area contributed by atoms with Gasteiger partial charge in [-0.05, 0) is 30.2 Å². The molecule has 1 aliphatic carbocycles. The van der Waals surface area contributed by atoms with Gasteiger partial charge in [0.05, 0.1) is 0 Å². The molecular weight excluding hydrogens is 194 g/mol. The van der Waals surface area contributed by atoms with Gasteiger partial charge in [-0.15, -0.1) is 0 Å². The molecule has 0 heterocycles. The van der Waals surface area contributed by atoms with Crippen molar-refractivity contribution in [2.75, 3.05) is 6.54 Å². The van der Waals surface area contributed by atoms with Crippen LogP contribution in [0.15, 0.2) is 30.3 Å². The Bertz CT molecular complexity index is 300. The summed E-state index contributed by atoms with van der Waals surface area (Å²) >= 11 is 0. The average molecular weight is 217 g/mol. The second-order valence-corrected chi connectivity index (χ2v) is 5.30. The second-order valence-electron chi connectivity index (χ2n) is 5.30. The molecule has 1 saturated carbocycles. The van der Waals surface area contributed by atoms with E-state index in [0.717, 1.165) is 12.6 Å². The third-order valence-corrected chi connectivity index (χ3v) is 3.76. The molecule has 1 atom stereocenters. The van der Waals surface area contributed by atoms with Gasteiger partial charge in [-0.3, -0.25) is 0 Å². The molecule has 0 amide bonds. The zero-order valence-corrected chi connectivity index (χ0v) is 10.4. The van der Waals surface area contributed by atoms with Gasteiger partial charge in [0.2, 0.25) is 0 Å². The Morgan fingerprint density at radius 3 is 2.38 bits per heavy atom. The number of rotatable bonds is 5. The first-order valence-electron chi connectivity index (χ1n) is 6.55. The molecule has 0 bridgehead atoms. The first-order valence-corrected chi connectivity index (χ1v) is 6.55. The highest BCUT2D eigenvalue weighted by molar-refractivity contribution is 5.20. The molecule has 1 fully saturated rings. The fourth-order valence-electron chi connectivity index (χ4n) is 2.34. The average Bonchev–Trinajstić information content (AvgIpc) is 2.22. The van der Waals surface area contributed by atoms with Crippen LogP contribution in [0, 0.1) is 5.92 Å². The lowest BCUT2D eigenvalue weighted by molar-refractivity contribution is 0.318. The van der Waals surface area contributed by atoms with Gasteiger partial charge in [-0.1, -0.05) is 50.6 Å². The molecule has 1 N–H and O–H groups in total. The van der Waals surface area contributed by atoms with E-state index < -0.39 is 0 Å². The Balaban J connectivity index is 1.94. The van der Waals surface area contributed by atoms with E-state index in [9.17, 15) is 0 Å². The van der Waals surface area contributed by atoms with Crippen LogP contribution in [0.25, 0.3) is 0 Å². The minimum absolute atomic E-state index is 0.654. The minimum atomic E-state index is 0.654. The molecule has 1 nitrogen and oxygen atoms in total. The molecule has 16 heavy (non-hydrogen) atoms. The minimum Gasteiger partial charge on any atom is -0.313 e. The third-order valence-electron chi connectivity index (χ3n) is 3.76. The summed E-state index contributed by atoms with van der Waals surface area (Å²) in [6, 6.07) is 11.7. The maximum absolute atomic E-state index is 3.70. The van der Waals surface area contributed by atoms with Crippen LogP contribution < -0.4 is 5.32 Å². The molecule has 1 aliphatic rings. The van der Waals surface area contributed by atoms with Gasteiger partial charge in [0, 0.05) is 12.6 Å². The van der Waals surface area contributed by atoms with Crippen LogP contribution >= 0.6 is 0 Å². The standard InChI is InChI=1S/C15H23N/c1-12(2)15(11-16-14-9-6-10-14)13-7-4-3-5-8-13/h3-5,7-8,12,14-16H,6,9-11H2,1-2H3. The Morgan fingerprint density at radius 1 is 1.19 bits per heavy atom.